The molecule has 2 aromatic carbocycles. The Balaban J connectivity index is 1.50. The second kappa shape index (κ2) is 9.01. The largest absolute Gasteiger partial charge is 0.334 e. The first-order chi connectivity index (χ1) is 15.4. The molecule has 0 unspecified atom stereocenters. The van der Waals surface area contributed by atoms with Gasteiger partial charge >= 0.3 is 0 Å². The third-order valence-corrected chi connectivity index (χ3v) is 5.11. The number of aryl methyl sites for hydroxylation is 1. The van der Waals surface area contributed by atoms with Crippen LogP contribution >= 0.6 is 0 Å². The lowest BCUT2D eigenvalue weighted by Gasteiger charge is -2.10. The Morgan fingerprint density at radius 1 is 1.06 bits per heavy atom. The Kier molecular flexibility index (Phi) is 5.98. The summed E-state index contributed by atoms with van der Waals surface area (Å²) in [7, 11) is 0. The molecule has 0 aliphatic heterocycles. The van der Waals surface area contributed by atoms with Crippen molar-refractivity contribution in [2.75, 3.05) is 5.32 Å². The standard InChI is InChI=1S/C25H24N4O3/c1-16(2)18-7-10-21(11-8-18)26-22(30)15-29-14-20(9-12-23(29)31)25-27-24(28-32-25)19-6-4-5-17(3)13-19/h4-14,16H,15H2,1-3H3,(H,26,30). The maximum absolute atomic E-state index is 12.5. The molecule has 32 heavy (non-hydrogen) atoms. The minimum atomic E-state index is -0.299. The highest BCUT2D eigenvalue weighted by Crippen LogP contribution is 2.22. The van der Waals surface area contributed by atoms with E-state index in [0.717, 1.165) is 11.1 Å². The maximum atomic E-state index is 12.5. The topological polar surface area (TPSA) is 90.0 Å². The van der Waals surface area contributed by atoms with E-state index in [9.17, 15) is 9.59 Å². The zero-order valence-corrected chi connectivity index (χ0v) is 18.2. The second-order valence-electron chi connectivity index (χ2n) is 8.00. The summed E-state index contributed by atoms with van der Waals surface area (Å²) in [5, 5.41) is 6.86. The Bertz CT molecular complexity index is 1300. The van der Waals surface area contributed by atoms with Crippen LogP contribution in [0, 0.1) is 6.92 Å². The van der Waals surface area contributed by atoms with Gasteiger partial charge in [0, 0.05) is 23.5 Å². The molecule has 162 valence electrons. The summed E-state index contributed by atoms with van der Waals surface area (Å²) in [4.78, 5) is 29.2. The van der Waals surface area contributed by atoms with Crippen LogP contribution in [-0.2, 0) is 11.3 Å². The fourth-order valence-corrected chi connectivity index (χ4v) is 3.33. The zero-order chi connectivity index (χ0) is 22.7. The van der Waals surface area contributed by atoms with Gasteiger partial charge in [-0.25, -0.2) is 0 Å². The summed E-state index contributed by atoms with van der Waals surface area (Å²) in [6.45, 7) is 6.09. The van der Waals surface area contributed by atoms with Crippen molar-refractivity contribution in [3.63, 3.8) is 0 Å². The SMILES string of the molecule is Cc1cccc(-c2noc(-c3ccc(=O)n(CC(=O)Nc4ccc(C(C)C)cc4)c3)n2)c1. The summed E-state index contributed by atoms with van der Waals surface area (Å²) in [6, 6.07) is 18.5. The fraction of sp³-hybridized carbons (Fsp3) is 0.200. The molecule has 0 radical (unpaired) electrons. The quantitative estimate of drug-likeness (QED) is 0.483. The van der Waals surface area contributed by atoms with Crippen molar-refractivity contribution in [1.82, 2.24) is 14.7 Å². The van der Waals surface area contributed by atoms with Gasteiger partial charge in [-0.15, -0.1) is 0 Å². The van der Waals surface area contributed by atoms with Crippen LogP contribution in [0.3, 0.4) is 0 Å². The van der Waals surface area contributed by atoms with Crippen LogP contribution in [0.5, 0.6) is 0 Å². The Hall–Kier alpha value is -4.00. The van der Waals surface area contributed by atoms with Crippen LogP contribution in [0.25, 0.3) is 22.8 Å². The van der Waals surface area contributed by atoms with Crippen molar-refractivity contribution < 1.29 is 9.32 Å². The van der Waals surface area contributed by atoms with Crippen LogP contribution in [0.15, 0.2) is 76.2 Å². The van der Waals surface area contributed by atoms with Gasteiger partial charge in [0.25, 0.3) is 11.4 Å². The molecule has 0 saturated carbocycles. The van der Waals surface area contributed by atoms with E-state index in [1.54, 1.807) is 12.3 Å². The molecular weight excluding hydrogens is 404 g/mol. The van der Waals surface area contributed by atoms with Gasteiger partial charge in [0.1, 0.15) is 6.54 Å². The van der Waals surface area contributed by atoms with Crippen LogP contribution in [0.4, 0.5) is 5.69 Å². The first kappa shape index (κ1) is 21.2. The van der Waals surface area contributed by atoms with Crippen LogP contribution in [0.2, 0.25) is 0 Å². The van der Waals surface area contributed by atoms with Crippen LogP contribution < -0.4 is 10.9 Å². The van der Waals surface area contributed by atoms with Gasteiger partial charge in [-0.3, -0.25) is 9.59 Å². The molecule has 0 spiro atoms. The van der Waals surface area contributed by atoms with E-state index in [1.165, 1.54) is 16.2 Å². The van der Waals surface area contributed by atoms with E-state index in [0.29, 0.717) is 23.0 Å². The van der Waals surface area contributed by atoms with E-state index in [2.05, 4.69) is 29.3 Å². The van der Waals surface area contributed by atoms with Crippen LogP contribution in [-0.4, -0.2) is 20.6 Å². The van der Waals surface area contributed by atoms with Gasteiger partial charge in [0.05, 0.1) is 5.56 Å². The first-order valence-electron chi connectivity index (χ1n) is 10.4. The number of aromatic nitrogens is 3. The highest BCUT2D eigenvalue weighted by Gasteiger charge is 2.13. The molecule has 1 amide bonds. The lowest BCUT2D eigenvalue weighted by Crippen LogP contribution is -2.26. The smallest absolute Gasteiger partial charge is 0.259 e. The molecule has 0 aliphatic carbocycles. The van der Waals surface area contributed by atoms with E-state index >= 15 is 0 Å². The number of anilines is 1. The lowest BCUT2D eigenvalue weighted by molar-refractivity contribution is -0.116. The molecule has 4 rings (SSSR count). The van der Waals surface area contributed by atoms with Crippen molar-refractivity contribution in [1.29, 1.82) is 0 Å². The van der Waals surface area contributed by atoms with Crippen LogP contribution in [0.1, 0.15) is 30.9 Å². The molecule has 0 saturated heterocycles. The maximum Gasteiger partial charge on any atom is 0.259 e. The Labute approximate surface area is 185 Å². The molecule has 2 aromatic heterocycles. The summed E-state index contributed by atoms with van der Waals surface area (Å²) >= 11 is 0. The molecule has 0 bridgehead atoms. The van der Waals surface area contributed by atoms with Crippen molar-refractivity contribution in [3.05, 3.63) is 88.3 Å². The molecule has 7 nitrogen and oxygen atoms in total. The number of amides is 1. The molecule has 0 atom stereocenters. The average molecular weight is 428 g/mol. The number of carbonyl (C=O) groups excluding carboxylic acids is 1. The number of nitrogens with one attached hydrogen (secondary N) is 1. The number of hydrogen-bond donors (Lipinski definition) is 1. The predicted molar refractivity (Wildman–Crippen MR) is 123 cm³/mol. The minimum Gasteiger partial charge on any atom is -0.334 e. The van der Waals surface area contributed by atoms with Crippen molar-refractivity contribution in [3.8, 4) is 22.8 Å². The number of hydrogen-bond acceptors (Lipinski definition) is 5. The highest BCUT2D eigenvalue weighted by atomic mass is 16.5. The number of rotatable bonds is 6. The molecule has 1 N–H and O–H groups in total. The average Bonchev–Trinajstić information content (AvgIpc) is 3.26. The number of benzene rings is 2. The van der Waals surface area contributed by atoms with Gasteiger partial charge in [-0.2, -0.15) is 4.98 Å². The normalized spacial score (nSPS) is 11.0. The Morgan fingerprint density at radius 3 is 2.56 bits per heavy atom. The molecule has 4 aromatic rings. The monoisotopic (exact) mass is 428 g/mol. The van der Waals surface area contributed by atoms with Crippen molar-refractivity contribution in [2.24, 2.45) is 0 Å². The minimum absolute atomic E-state index is 0.128. The lowest BCUT2D eigenvalue weighted by atomic mass is 10.0. The highest BCUT2D eigenvalue weighted by molar-refractivity contribution is 5.90. The molecule has 0 fully saturated rings. The predicted octanol–water partition coefficient (Wildman–Crippen LogP) is 4.64. The zero-order valence-electron chi connectivity index (χ0n) is 18.2. The molecule has 0 aliphatic rings. The van der Waals surface area contributed by atoms with Gasteiger partial charge < -0.3 is 14.4 Å². The summed E-state index contributed by atoms with van der Waals surface area (Å²) in [5.74, 6) is 0.855. The first-order valence-corrected chi connectivity index (χ1v) is 10.4. The van der Waals surface area contributed by atoms with Gasteiger partial charge in [-0.05, 0) is 42.7 Å². The molecular formula is C25H24N4O3. The third-order valence-electron chi connectivity index (χ3n) is 5.11. The third kappa shape index (κ3) is 4.83. The summed E-state index contributed by atoms with van der Waals surface area (Å²) < 4.78 is 6.72. The number of nitrogens with zero attached hydrogens (tertiary/aromatic N) is 3. The van der Waals surface area contributed by atoms with Crippen molar-refractivity contribution >= 4 is 11.6 Å². The molecule has 7 heteroatoms. The van der Waals surface area contributed by atoms with Gasteiger partial charge in [0.2, 0.25) is 11.7 Å². The number of pyridine rings is 1. The van der Waals surface area contributed by atoms with E-state index in [1.807, 2.05) is 55.5 Å². The Morgan fingerprint density at radius 2 is 1.84 bits per heavy atom. The van der Waals surface area contributed by atoms with E-state index in [4.69, 9.17) is 4.52 Å². The summed E-state index contributed by atoms with van der Waals surface area (Å²) in [6.07, 6.45) is 1.55. The fourth-order valence-electron chi connectivity index (χ4n) is 3.33. The van der Waals surface area contributed by atoms with E-state index in [-0.39, 0.29) is 23.9 Å². The second-order valence-corrected chi connectivity index (χ2v) is 8.00. The van der Waals surface area contributed by atoms with E-state index < -0.39 is 0 Å². The van der Waals surface area contributed by atoms with Gasteiger partial charge in [-0.1, -0.05) is 54.9 Å². The number of carbonyl (C=O) groups is 1. The molecule has 2 heterocycles. The van der Waals surface area contributed by atoms with Gasteiger partial charge in [0.15, 0.2) is 0 Å². The summed E-state index contributed by atoms with van der Waals surface area (Å²) in [5.41, 5.74) is 4.07. The van der Waals surface area contributed by atoms with Crippen molar-refractivity contribution in [2.45, 2.75) is 33.2 Å².